The summed E-state index contributed by atoms with van der Waals surface area (Å²) in [6.07, 6.45) is 86.0. The van der Waals surface area contributed by atoms with E-state index < -0.39 is 6.10 Å². The van der Waals surface area contributed by atoms with Gasteiger partial charge in [-0.1, -0.05) is 298 Å². The Labute approximate surface area is 477 Å². The highest BCUT2D eigenvalue weighted by atomic mass is 16.6. The van der Waals surface area contributed by atoms with Crippen LogP contribution in [-0.2, 0) is 28.6 Å². The van der Waals surface area contributed by atoms with Gasteiger partial charge in [0.2, 0.25) is 0 Å². The molecule has 0 amide bonds. The second kappa shape index (κ2) is 65.1. The molecule has 0 aliphatic heterocycles. The first-order valence-corrected chi connectivity index (χ1v) is 33.1. The summed E-state index contributed by atoms with van der Waals surface area (Å²) in [5, 5.41) is 0. The molecule has 1 unspecified atom stereocenters. The van der Waals surface area contributed by atoms with E-state index in [-0.39, 0.29) is 31.1 Å². The van der Waals surface area contributed by atoms with Crippen LogP contribution in [0.15, 0.2) is 85.1 Å². The quantitative estimate of drug-likeness (QED) is 0.0261. The van der Waals surface area contributed by atoms with Crippen molar-refractivity contribution in [2.75, 3.05) is 13.2 Å². The lowest BCUT2D eigenvalue weighted by Gasteiger charge is -2.18. The molecule has 0 saturated heterocycles. The number of carbonyl (C=O) groups excluding carboxylic acids is 3. The van der Waals surface area contributed by atoms with Crippen LogP contribution in [-0.4, -0.2) is 37.2 Å². The van der Waals surface area contributed by atoms with Gasteiger partial charge in [-0.25, -0.2) is 0 Å². The molecule has 6 nitrogen and oxygen atoms in total. The predicted octanol–water partition coefficient (Wildman–Crippen LogP) is 22.7. The van der Waals surface area contributed by atoms with Gasteiger partial charge >= 0.3 is 17.9 Å². The minimum Gasteiger partial charge on any atom is -0.462 e. The molecule has 77 heavy (non-hydrogen) atoms. The fraction of sp³-hybridized carbons (Fsp3) is 0.761. The van der Waals surface area contributed by atoms with E-state index in [0.717, 1.165) is 109 Å². The number of esters is 3. The van der Waals surface area contributed by atoms with E-state index in [2.05, 4.69) is 106 Å². The molecule has 0 spiro atoms. The van der Waals surface area contributed by atoms with Gasteiger partial charge in [-0.15, -0.1) is 0 Å². The third-order valence-corrected chi connectivity index (χ3v) is 14.4. The summed E-state index contributed by atoms with van der Waals surface area (Å²) in [7, 11) is 0. The molecule has 6 heteroatoms. The smallest absolute Gasteiger partial charge is 0.306 e. The van der Waals surface area contributed by atoms with Crippen LogP contribution in [0.3, 0.4) is 0 Å². The summed E-state index contributed by atoms with van der Waals surface area (Å²) in [5.41, 5.74) is 0. The molecule has 0 aromatic carbocycles. The standard InChI is InChI=1S/C71H124O6/c1-4-7-10-13-16-19-22-25-27-28-29-30-31-32-33-34-35-36-37-38-39-40-41-42-44-46-49-52-55-58-61-64-70(73)76-67-68(66-75-69(72)63-60-57-54-51-48-45-24-21-18-15-12-9-6-3)77-71(74)65-62-59-56-53-50-47-43-26-23-20-17-14-11-8-5-2/h7,10,16,19,25-27,29-30,32-33,35-36,43,68H,4-6,8-9,11-15,17-18,20-24,28,31,34,37-42,44-67H2,1-3H3/b10-7-,19-16-,27-25-,30-29-,33-32-,36-35-,43-26-. The molecule has 0 aromatic heterocycles. The van der Waals surface area contributed by atoms with Crippen molar-refractivity contribution in [3.8, 4) is 0 Å². The molecule has 0 aliphatic carbocycles. The summed E-state index contributed by atoms with van der Waals surface area (Å²) >= 11 is 0. The van der Waals surface area contributed by atoms with E-state index in [4.69, 9.17) is 14.2 Å². The lowest BCUT2D eigenvalue weighted by molar-refractivity contribution is -0.167. The zero-order valence-corrected chi connectivity index (χ0v) is 51.0. The normalized spacial score (nSPS) is 12.6. The summed E-state index contributed by atoms with van der Waals surface area (Å²) < 4.78 is 16.9. The van der Waals surface area contributed by atoms with E-state index in [0.29, 0.717) is 19.3 Å². The number of allylic oxidation sites excluding steroid dienone is 14. The molecule has 0 heterocycles. The molecule has 0 radical (unpaired) electrons. The Morgan fingerprint density at radius 3 is 0.805 bits per heavy atom. The second-order valence-electron chi connectivity index (χ2n) is 22.0. The third-order valence-electron chi connectivity index (χ3n) is 14.4. The van der Waals surface area contributed by atoms with Gasteiger partial charge in [-0.2, -0.15) is 0 Å². The number of hydrogen-bond donors (Lipinski definition) is 0. The largest absolute Gasteiger partial charge is 0.462 e. The second-order valence-corrected chi connectivity index (χ2v) is 22.0. The van der Waals surface area contributed by atoms with Crippen molar-refractivity contribution in [3.63, 3.8) is 0 Å². The maximum Gasteiger partial charge on any atom is 0.306 e. The minimum atomic E-state index is -0.779. The first-order valence-electron chi connectivity index (χ1n) is 33.1. The van der Waals surface area contributed by atoms with Crippen molar-refractivity contribution in [2.45, 2.75) is 335 Å². The molecular formula is C71H124O6. The average Bonchev–Trinajstić information content (AvgIpc) is 3.43. The highest BCUT2D eigenvalue weighted by Crippen LogP contribution is 2.17. The number of unbranched alkanes of at least 4 members (excludes halogenated alkanes) is 35. The number of ether oxygens (including phenoxy) is 3. The van der Waals surface area contributed by atoms with E-state index in [1.54, 1.807) is 0 Å². The molecule has 0 bridgehead atoms. The van der Waals surface area contributed by atoms with Gasteiger partial charge in [0.15, 0.2) is 6.10 Å². The molecule has 444 valence electrons. The molecule has 0 N–H and O–H groups in total. The molecule has 0 aromatic rings. The van der Waals surface area contributed by atoms with Crippen LogP contribution >= 0.6 is 0 Å². The zero-order valence-electron chi connectivity index (χ0n) is 51.0. The lowest BCUT2D eigenvalue weighted by Crippen LogP contribution is -2.30. The Morgan fingerprint density at radius 2 is 0.506 bits per heavy atom. The molecule has 0 saturated carbocycles. The van der Waals surface area contributed by atoms with Gasteiger partial charge in [-0.05, 0) is 96.3 Å². The highest BCUT2D eigenvalue weighted by Gasteiger charge is 2.19. The number of carbonyl (C=O) groups is 3. The van der Waals surface area contributed by atoms with Crippen molar-refractivity contribution in [1.82, 2.24) is 0 Å². The van der Waals surface area contributed by atoms with E-state index in [1.807, 2.05) is 0 Å². The predicted molar refractivity (Wildman–Crippen MR) is 334 cm³/mol. The van der Waals surface area contributed by atoms with Gasteiger partial charge in [0.05, 0.1) is 0 Å². The van der Waals surface area contributed by atoms with Gasteiger partial charge in [0.1, 0.15) is 13.2 Å². The van der Waals surface area contributed by atoms with E-state index in [9.17, 15) is 14.4 Å². The Morgan fingerprint density at radius 1 is 0.273 bits per heavy atom. The lowest BCUT2D eigenvalue weighted by atomic mass is 10.0. The van der Waals surface area contributed by atoms with Gasteiger partial charge in [0.25, 0.3) is 0 Å². The molecule has 0 fully saturated rings. The fourth-order valence-corrected chi connectivity index (χ4v) is 9.44. The van der Waals surface area contributed by atoms with Crippen LogP contribution in [0.4, 0.5) is 0 Å². The van der Waals surface area contributed by atoms with Crippen molar-refractivity contribution in [3.05, 3.63) is 85.1 Å². The maximum absolute atomic E-state index is 12.9. The molecule has 1 atom stereocenters. The summed E-state index contributed by atoms with van der Waals surface area (Å²) in [5.74, 6) is -0.871. The Bertz CT molecular complexity index is 1470. The topological polar surface area (TPSA) is 78.9 Å². The van der Waals surface area contributed by atoms with Crippen LogP contribution in [0.25, 0.3) is 0 Å². The van der Waals surface area contributed by atoms with Crippen LogP contribution in [0.1, 0.15) is 329 Å². The third kappa shape index (κ3) is 63.3. The van der Waals surface area contributed by atoms with Crippen molar-refractivity contribution in [1.29, 1.82) is 0 Å². The molecule has 0 rings (SSSR count). The molecular weight excluding hydrogens is 949 g/mol. The summed E-state index contributed by atoms with van der Waals surface area (Å²) in [6, 6.07) is 0. The summed E-state index contributed by atoms with van der Waals surface area (Å²) in [4.78, 5) is 38.3. The van der Waals surface area contributed by atoms with Crippen LogP contribution in [0, 0.1) is 0 Å². The highest BCUT2D eigenvalue weighted by molar-refractivity contribution is 5.71. The Kier molecular flexibility index (Phi) is 62.2. The monoisotopic (exact) mass is 1070 g/mol. The summed E-state index contributed by atoms with van der Waals surface area (Å²) in [6.45, 7) is 6.55. The van der Waals surface area contributed by atoms with Crippen LogP contribution in [0.2, 0.25) is 0 Å². The van der Waals surface area contributed by atoms with E-state index in [1.165, 1.54) is 180 Å². The fourth-order valence-electron chi connectivity index (χ4n) is 9.44. The van der Waals surface area contributed by atoms with E-state index >= 15 is 0 Å². The van der Waals surface area contributed by atoms with Crippen molar-refractivity contribution in [2.24, 2.45) is 0 Å². The van der Waals surface area contributed by atoms with Gasteiger partial charge in [-0.3, -0.25) is 14.4 Å². The van der Waals surface area contributed by atoms with Gasteiger partial charge < -0.3 is 14.2 Å². The minimum absolute atomic E-state index is 0.0757. The van der Waals surface area contributed by atoms with Crippen LogP contribution < -0.4 is 0 Å². The SMILES string of the molecule is CC/C=C\C/C=C\C/C=C\C/C=C\C/C=C\C/C=C\CCCCCCCCCCCCCCC(=O)OCC(COC(=O)CCCCCCCCCCCCCCC)OC(=O)CCCCCCC/C=C\CCCCCCCC. The molecule has 0 aliphatic rings. The number of hydrogen-bond acceptors (Lipinski definition) is 6. The van der Waals surface area contributed by atoms with Crippen molar-refractivity contribution >= 4 is 17.9 Å². The first-order chi connectivity index (χ1) is 38.0. The Hall–Kier alpha value is -3.41. The zero-order chi connectivity index (χ0) is 55.7. The maximum atomic E-state index is 12.9. The number of rotatable bonds is 60. The Balaban J connectivity index is 4.21. The van der Waals surface area contributed by atoms with Crippen LogP contribution in [0.5, 0.6) is 0 Å². The van der Waals surface area contributed by atoms with Gasteiger partial charge in [0, 0.05) is 19.3 Å². The van der Waals surface area contributed by atoms with Crippen molar-refractivity contribution < 1.29 is 28.6 Å². The average molecular weight is 1070 g/mol. The first kappa shape index (κ1) is 73.6.